The van der Waals surface area contributed by atoms with Gasteiger partial charge in [0.1, 0.15) is 11.9 Å². The van der Waals surface area contributed by atoms with Crippen molar-refractivity contribution in [3.8, 4) is 5.75 Å². The Balaban J connectivity index is 2.64. The van der Waals surface area contributed by atoms with Crippen LogP contribution in [0.5, 0.6) is 5.75 Å². The van der Waals surface area contributed by atoms with E-state index in [1.165, 1.54) is 5.56 Å². The first-order valence-electron chi connectivity index (χ1n) is 5.01. The van der Waals surface area contributed by atoms with Gasteiger partial charge >= 0.3 is 0 Å². The Morgan fingerprint density at radius 3 is 2.14 bits per heavy atom. The summed E-state index contributed by atoms with van der Waals surface area (Å²) in [7, 11) is 0. The highest BCUT2D eigenvalue weighted by molar-refractivity contribution is 5.28. The Kier molecular flexibility index (Phi) is 3.96. The van der Waals surface area contributed by atoms with E-state index in [0.29, 0.717) is 5.92 Å². The predicted molar refractivity (Wildman–Crippen MR) is 57.7 cm³/mol. The maximum absolute atomic E-state index is 8.81. The summed E-state index contributed by atoms with van der Waals surface area (Å²) in [5.41, 5.74) is 1.30. The maximum Gasteiger partial charge on any atom is 0.119 e. The summed E-state index contributed by atoms with van der Waals surface area (Å²) in [6.45, 7) is 6.21. The second-order valence-corrected chi connectivity index (χ2v) is 3.83. The van der Waals surface area contributed by atoms with Crippen LogP contribution in [0.3, 0.4) is 0 Å². The number of aliphatic hydroxyl groups excluding tert-OH is 1. The molecule has 1 N–H and O–H groups in total. The number of aliphatic hydroxyl groups is 1. The molecule has 1 rings (SSSR count). The Bertz CT molecular complexity index is 264. The minimum atomic E-state index is -0.139. The number of hydrogen-bond acceptors (Lipinski definition) is 2. The first-order valence-corrected chi connectivity index (χ1v) is 5.01. The zero-order chi connectivity index (χ0) is 10.6. The molecule has 0 aliphatic heterocycles. The predicted octanol–water partition coefficient (Wildman–Crippen LogP) is 2.57. The second-order valence-electron chi connectivity index (χ2n) is 3.83. The largest absolute Gasteiger partial charge is 0.488 e. The zero-order valence-corrected chi connectivity index (χ0v) is 9.03. The lowest BCUT2D eigenvalue weighted by molar-refractivity contribution is 0.129. The molecule has 1 aromatic carbocycles. The third-order valence-corrected chi connectivity index (χ3v) is 2.14. The van der Waals surface area contributed by atoms with Gasteiger partial charge in [-0.3, -0.25) is 0 Å². The van der Waals surface area contributed by atoms with Gasteiger partial charge in [-0.15, -0.1) is 0 Å². The Hall–Kier alpha value is -1.02. The molecule has 0 fully saturated rings. The number of rotatable bonds is 4. The molecule has 0 spiro atoms. The number of benzene rings is 1. The van der Waals surface area contributed by atoms with Crippen LogP contribution in [-0.4, -0.2) is 17.8 Å². The van der Waals surface area contributed by atoms with Crippen molar-refractivity contribution in [2.75, 3.05) is 6.61 Å². The lowest BCUT2D eigenvalue weighted by atomic mass is 10.0. The molecule has 0 heterocycles. The molecule has 0 aromatic heterocycles. The molecule has 1 atom stereocenters. The van der Waals surface area contributed by atoms with Crippen LogP contribution in [0.15, 0.2) is 24.3 Å². The van der Waals surface area contributed by atoms with Gasteiger partial charge < -0.3 is 9.84 Å². The SMILES string of the molecule is CC(C)c1ccc(O[C@@H](C)CO)cc1. The summed E-state index contributed by atoms with van der Waals surface area (Å²) in [5, 5.41) is 8.81. The van der Waals surface area contributed by atoms with Gasteiger partial charge in [-0.25, -0.2) is 0 Å². The van der Waals surface area contributed by atoms with Crippen LogP contribution in [0.4, 0.5) is 0 Å². The molecule has 2 heteroatoms. The average Bonchev–Trinajstić information content (AvgIpc) is 2.18. The normalized spacial score (nSPS) is 12.9. The van der Waals surface area contributed by atoms with Gasteiger partial charge in [0.15, 0.2) is 0 Å². The first kappa shape index (κ1) is 11.1. The molecular weight excluding hydrogens is 176 g/mol. The minimum Gasteiger partial charge on any atom is -0.488 e. The summed E-state index contributed by atoms with van der Waals surface area (Å²) in [6.07, 6.45) is -0.139. The first-order chi connectivity index (χ1) is 6.63. The van der Waals surface area contributed by atoms with E-state index in [0.717, 1.165) is 5.75 Å². The molecule has 0 amide bonds. The van der Waals surface area contributed by atoms with Gasteiger partial charge in [0.25, 0.3) is 0 Å². The van der Waals surface area contributed by atoms with Crippen LogP contribution in [0.25, 0.3) is 0 Å². The van der Waals surface area contributed by atoms with Crippen molar-refractivity contribution in [1.29, 1.82) is 0 Å². The van der Waals surface area contributed by atoms with E-state index < -0.39 is 0 Å². The lowest BCUT2D eigenvalue weighted by Gasteiger charge is -2.12. The molecule has 1 aromatic rings. The number of hydrogen-bond donors (Lipinski definition) is 1. The summed E-state index contributed by atoms with van der Waals surface area (Å²) < 4.78 is 5.45. The smallest absolute Gasteiger partial charge is 0.119 e. The number of ether oxygens (including phenoxy) is 1. The van der Waals surface area contributed by atoms with E-state index in [4.69, 9.17) is 9.84 Å². The second kappa shape index (κ2) is 5.01. The standard InChI is InChI=1S/C12H18O2/c1-9(2)11-4-6-12(7-5-11)14-10(3)8-13/h4-7,9-10,13H,8H2,1-3H3/t10-/m0/s1. The Morgan fingerprint density at radius 1 is 1.14 bits per heavy atom. The summed E-state index contributed by atoms with van der Waals surface area (Å²) >= 11 is 0. The molecule has 14 heavy (non-hydrogen) atoms. The average molecular weight is 194 g/mol. The molecule has 0 aliphatic carbocycles. The van der Waals surface area contributed by atoms with Gasteiger partial charge in [-0.05, 0) is 30.5 Å². The summed E-state index contributed by atoms with van der Waals surface area (Å²) in [4.78, 5) is 0. The Morgan fingerprint density at radius 2 is 1.71 bits per heavy atom. The van der Waals surface area contributed by atoms with E-state index in [2.05, 4.69) is 26.0 Å². The van der Waals surface area contributed by atoms with Crippen molar-refractivity contribution in [1.82, 2.24) is 0 Å². The highest BCUT2D eigenvalue weighted by Crippen LogP contribution is 2.19. The fourth-order valence-corrected chi connectivity index (χ4v) is 1.20. The maximum atomic E-state index is 8.81. The fourth-order valence-electron chi connectivity index (χ4n) is 1.20. The fraction of sp³-hybridized carbons (Fsp3) is 0.500. The van der Waals surface area contributed by atoms with E-state index in [1.54, 1.807) is 0 Å². The molecular formula is C12H18O2. The molecule has 2 nitrogen and oxygen atoms in total. The Labute approximate surface area is 85.5 Å². The van der Waals surface area contributed by atoms with Crippen LogP contribution in [0.1, 0.15) is 32.3 Å². The molecule has 0 aliphatic rings. The summed E-state index contributed by atoms with van der Waals surface area (Å²) in [6, 6.07) is 8.01. The van der Waals surface area contributed by atoms with Gasteiger partial charge in [-0.2, -0.15) is 0 Å². The van der Waals surface area contributed by atoms with E-state index in [-0.39, 0.29) is 12.7 Å². The van der Waals surface area contributed by atoms with Gasteiger partial charge in [-0.1, -0.05) is 26.0 Å². The van der Waals surface area contributed by atoms with Crippen LogP contribution >= 0.6 is 0 Å². The monoisotopic (exact) mass is 194 g/mol. The molecule has 0 unspecified atom stereocenters. The van der Waals surface area contributed by atoms with E-state index in [9.17, 15) is 0 Å². The molecule has 0 radical (unpaired) electrons. The van der Waals surface area contributed by atoms with Crippen molar-refractivity contribution in [3.63, 3.8) is 0 Å². The highest BCUT2D eigenvalue weighted by Gasteiger charge is 2.02. The minimum absolute atomic E-state index is 0.0476. The molecule has 78 valence electrons. The van der Waals surface area contributed by atoms with Crippen molar-refractivity contribution < 1.29 is 9.84 Å². The highest BCUT2D eigenvalue weighted by atomic mass is 16.5. The van der Waals surface area contributed by atoms with Crippen molar-refractivity contribution in [2.24, 2.45) is 0 Å². The topological polar surface area (TPSA) is 29.5 Å². The van der Waals surface area contributed by atoms with Crippen LogP contribution in [0.2, 0.25) is 0 Å². The van der Waals surface area contributed by atoms with Gasteiger partial charge in [0.2, 0.25) is 0 Å². The van der Waals surface area contributed by atoms with Crippen molar-refractivity contribution in [2.45, 2.75) is 32.8 Å². The van der Waals surface area contributed by atoms with E-state index >= 15 is 0 Å². The molecule has 0 bridgehead atoms. The summed E-state index contributed by atoms with van der Waals surface area (Å²) in [5.74, 6) is 1.36. The van der Waals surface area contributed by atoms with Crippen LogP contribution in [-0.2, 0) is 0 Å². The molecule has 0 saturated carbocycles. The quantitative estimate of drug-likeness (QED) is 0.798. The van der Waals surface area contributed by atoms with Crippen molar-refractivity contribution in [3.05, 3.63) is 29.8 Å². The van der Waals surface area contributed by atoms with Crippen LogP contribution < -0.4 is 4.74 Å². The lowest BCUT2D eigenvalue weighted by Crippen LogP contribution is -2.16. The third-order valence-electron chi connectivity index (χ3n) is 2.14. The van der Waals surface area contributed by atoms with Gasteiger partial charge in [0, 0.05) is 0 Å². The molecule has 0 saturated heterocycles. The third kappa shape index (κ3) is 3.04. The van der Waals surface area contributed by atoms with Gasteiger partial charge in [0.05, 0.1) is 6.61 Å². The van der Waals surface area contributed by atoms with E-state index in [1.807, 2.05) is 19.1 Å². The zero-order valence-electron chi connectivity index (χ0n) is 9.03. The van der Waals surface area contributed by atoms with Crippen molar-refractivity contribution >= 4 is 0 Å². The van der Waals surface area contributed by atoms with Crippen LogP contribution in [0, 0.1) is 0 Å².